The van der Waals surface area contributed by atoms with Crippen molar-refractivity contribution in [2.75, 3.05) is 4.90 Å². The van der Waals surface area contributed by atoms with Crippen LogP contribution in [0.25, 0.3) is 0 Å². The van der Waals surface area contributed by atoms with Gasteiger partial charge in [-0.15, -0.1) is 0 Å². The third-order valence-electron chi connectivity index (χ3n) is 6.87. The Balaban J connectivity index is 1.74. The van der Waals surface area contributed by atoms with Crippen molar-refractivity contribution in [2.45, 2.75) is 90.8 Å². The second-order valence-electron chi connectivity index (χ2n) is 8.44. The van der Waals surface area contributed by atoms with Crippen molar-refractivity contribution in [3.05, 3.63) is 41.2 Å². The van der Waals surface area contributed by atoms with Crippen LogP contribution in [0.3, 0.4) is 0 Å². The Hall–Kier alpha value is -1.44. The number of hydrogen-bond donors (Lipinski definition) is 0. The number of para-hydroxylation sites is 1. The molecule has 2 nitrogen and oxygen atoms in total. The zero-order chi connectivity index (χ0) is 17.4. The van der Waals surface area contributed by atoms with Gasteiger partial charge in [-0.25, -0.2) is 0 Å². The van der Waals surface area contributed by atoms with Gasteiger partial charge in [0, 0.05) is 29.0 Å². The standard InChI is InChI=1S/C23H34N2/c1-17-11-7-10-16-22(17)24-18(2)23(20-12-8-9-13-20)25(19(24)3)21-14-5-4-6-15-21/h7,10-11,16,19-21H,4-6,8-9,12-15H2,1-3H3. The van der Waals surface area contributed by atoms with Gasteiger partial charge in [-0.05, 0) is 58.1 Å². The maximum Gasteiger partial charge on any atom is 0.103 e. The van der Waals surface area contributed by atoms with Crippen molar-refractivity contribution < 1.29 is 0 Å². The first-order valence-electron chi connectivity index (χ1n) is 10.5. The molecule has 2 fully saturated rings. The smallest absolute Gasteiger partial charge is 0.103 e. The predicted molar refractivity (Wildman–Crippen MR) is 106 cm³/mol. The van der Waals surface area contributed by atoms with Crippen LogP contribution in [0.5, 0.6) is 0 Å². The van der Waals surface area contributed by atoms with Gasteiger partial charge in [-0.3, -0.25) is 0 Å². The first-order chi connectivity index (χ1) is 12.2. The molecule has 3 aliphatic rings. The van der Waals surface area contributed by atoms with E-state index in [-0.39, 0.29) is 0 Å². The normalized spacial score (nSPS) is 26.1. The van der Waals surface area contributed by atoms with Gasteiger partial charge in [0.1, 0.15) is 6.17 Å². The summed E-state index contributed by atoms with van der Waals surface area (Å²) in [5, 5.41) is 0. The Labute approximate surface area is 153 Å². The third-order valence-corrected chi connectivity index (χ3v) is 6.87. The molecule has 1 aromatic rings. The molecule has 2 aliphatic carbocycles. The molecule has 136 valence electrons. The van der Waals surface area contributed by atoms with Gasteiger partial charge < -0.3 is 9.80 Å². The zero-order valence-corrected chi connectivity index (χ0v) is 16.3. The molecule has 25 heavy (non-hydrogen) atoms. The second kappa shape index (κ2) is 7.05. The lowest BCUT2D eigenvalue weighted by atomic mass is 9.91. The third kappa shape index (κ3) is 2.98. The summed E-state index contributed by atoms with van der Waals surface area (Å²) in [5.74, 6) is 0.790. The fraction of sp³-hybridized carbons (Fsp3) is 0.652. The van der Waals surface area contributed by atoms with Crippen molar-refractivity contribution >= 4 is 5.69 Å². The molecule has 1 aliphatic heterocycles. The van der Waals surface area contributed by atoms with Crippen LogP contribution < -0.4 is 4.90 Å². The number of aryl methyl sites for hydroxylation is 1. The summed E-state index contributed by atoms with van der Waals surface area (Å²) in [4.78, 5) is 5.49. The predicted octanol–water partition coefficient (Wildman–Crippen LogP) is 6.22. The summed E-state index contributed by atoms with van der Waals surface area (Å²) in [6.07, 6.45) is 13.1. The lowest BCUT2D eigenvalue weighted by Crippen LogP contribution is -2.45. The number of hydrogen-bond acceptors (Lipinski definition) is 2. The molecule has 0 N–H and O–H groups in total. The Kier molecular flexibility index (Phi) is 4.80. The highest BCUT2D eigenvalue weighted by Gasteiger charge is 2.41. The van der Waals surface area contributed by atoms with E-state index in [1.807, 2.05) is 0 Å². The Morgan fingerprint density at radius 1 is 0.840 bits per heavy atom. The topological polar surface area (TPSA) is 6.48 Å². The van der Waals surface area contributed by atoms with E-state index in [0.717, 1.165) is 12.0 Å². The minimum atomic E-state index is 0.458. The molecular weight excluding hydrogens is 304 g/mol. The quantitative estimate of drug-likeness (QED) is 0.645. The Bertz CT molecular complexity index is 635. The molecule has 2 heteroatoms. The molecule has 0 bridgehead atoms. The minimum absolute atomic E-state index is 0.458. The highest BCUT2D eigenvalue weighted by molar-refractivity contribution is 5.60. The van der Waals surface area contributed by atoms with Crippen LogP contribution in [0.4, 0.5) is 5.69 Å². The first-order valence-corrected chi connectivity index (χ1v) is 10.5. The van der Waals surface area contributed by atoms with Gasteiger partial charge in [-0.2, -0.15) is 0 Å². The number of rotatable bonds is 3. The molecule has 1 unspecified atom stereocenters. The molecule has 0 saturated heterocycles. The molecule has 4 rings (SSSR count). The van der Waals surface area contributed by atoms with Crippen LogP contribution >= 0.6 is 0 Å². The fourth-order valence-corrected chi connectivity index (χ4v) is 5.70. The van der Waals surface area contributed by atoms with Crippen LogP contribution in [0.1, 0.15) is 77.2 Å². The number of allylic oxidation sites excluding steroid dienone is 2. The molecule has 1 heterocycles. The summed E-state index contributed by atoms with van der Waals surface area (Å²) in [6, 6.07) is 9.68. The highest BCUT2D eigenvalue weighted by Crippen LogP contribution is 2.45. The van der Waals surface area contributed by atoms with Gasteiger partial charge in [0.2, 0.25) is 0 Å². The van der Waals surface area contributed by atoms with Crippen molar-refractivity contribution in [1.82, 2.24) is 4.90 Å². The Morgan fingerprint density at radius 3 is 2.16 bits per heavy atom. The van der Waals surface area contributed by atoms with Crippen LogP contribution in [0.2, 0.25) is 0 Å². The van der Waals surface area contributed by atoms with E-state index in [4.69, 9.17) is 0 Å². The average molecular weight is 339 g/mol. The minimum Gasteiger partial charge on any atom is -0.350 e. The summed E-state index contributed by atoms with van der Waals surface area (Å²) in [5.41, 5.74) is 6.02. The largest absolute Gasteiger partial charge is 0.350 e. The van der Waals surface area contributed by atoms with Crippen molar-refractivity contribution in [3.8, 4) is 0 Å². The van der Waals surface area contributed by atoms with Crippen LogP contribution in [0.15, 0.2) is 35.7 Å². The summed E-state index contributed by atoms with van der Waals surface area (Å²) < 4.78 is 0. The molecule has 2 saturated carbocycles. The van der Waals surface area contributed by atoms with Crippen LogP contribution in [0, 0.1) is 12.8 Å². The average Bonchev–Trinajstić information content (AvgIpc) is 3.23. The lowest BCUT2D eigenvalue weighted by molar-refractivity contribution is 0.155. The summed E-state index contributed by atoms with van der Waals surface area (Å²) in [7, 11) is 0. The number of nitrogens with zero attached hydrogens (tertiary/aromatic N) is 2. The highest BCUT2D eigenvalue weighted by atomic mass is 15.4. The molecule has 0 radical (unpaired) electrons. The van der Waals surface area contributed by atoms with E-state index in [2.05, 4.69) is 54.8 Å². The van der Waals surface area contributed by atoms with Crippen molar-refractivity contribution in [1.29, 1.82) is 0 Å². The molecule has 0 spiro atoms. The molecule has 1 atom stereocenters. The fourth-order valence-electron chi connectivity index (χ4n) is 5.70. The maximum absolute atomic E-state index is 2.86. The Morgan fingerprint density at radius 2 is 1.48 bits per heavy atom. The maximum atomic E-state index is 2.86. The van der Waals surface area contributed by atoms with Gasteiger partial charge >= 0.3 is 0 Å². The van der Waals surface area contributed by atoms with Crippen LogP contribution in [-0.2, 0) is 0 Å². The van der Waals surface area contributed by atoms with E-state index in [9.17, 15) is 0 Å². The van der Waals surface area contributed by atoms with Gasteiger partial charge in [0.25, 0.3) is 0 Å². The molecule has 1 aromatic carbocycles. The number of benzene rings is 1. The molecular formula is C23H34N2. The summed E-state index contributed by atoms with van der Waals surface area (Å²) in [6.45, 7) is 7.08. The van der Waals surface area contributed by atoms with E-state index >= 15 is 0 Å². The second-order valence-corrected chi connectivity index (χ2v) is 8.44. The number of anilines is 1. The van der Waals surface area contributed by atoms with Crippen LogP contribution in [-0.4, -0.2) is 17.1 Å². The first kappa shape index (κ1) is 17.0. The van der Waals surface area contributed by atoms with E-state index in [0.29, 0.717) is 6.17 Å². The van der Waals surface area contributed by atoms with Gasteiger partial charge in [0.05, 0.1) is 0 Å². The van der Waals surface area contributed by atoms with E-state index in [1.165, 1.54) is 74.7 Å². The van der Waals surface area contributed by atoms with E-state index in [1.54, 1.807) is 5.70 Å². The van der Waals surface area contributed by atoms with Crippen molar-refractivity contribution in [2.24, 2.45) is 5.92 Å². The lowest BCUT2D eigenvalue weighted by Gasteiger charge is -2.41. The van der Waals surface area contributed by atoms with Gasteiger partial charge in [-0.1, -0.05) is 50.3 Å². The molecule has 0 aromatic heterocycles. The van der Waals surface area contributed by atoms with Crippen molar-refractivity contribution in [3.63, 3.8) is 0 Å². The van der Waals surface area contributed by atoms with Gasteiger partial charge in [0.15, 0.2) is 0 Å². The van der Waals surface area contributed by atoms with E-state index < -0.39 is 0 Å². The molecule has 0 amide bonds. The summed E-state index contributed by atoms with van der Waals surface area (Å²) >= 11 is 0. The zero-order valence-electron chi connectivity index (χ0n) is 16.3. The monoisotopic (exact) mass is 338 g/mol. The SMILES string of the molecule is CC1=C(C2CCCC2)N(C2CCCCC2)C(C)N1c1ccccc1C.